The van der Waals surface area contributed by atoms with E-state index in [1.165, 1.54) is 0 Å². The van der Waals surface area contributed by atoms with Crippen LogP contribution in [0.4, 0.5) is 0 Å². The topological polar surface area (TPSA) is 78.9 Å². The number of esters is 1. The fraction of sp³-hybridized carbons (Fsp3) is 0.769. The highest BCUT2D eigenvalue weighted by Gasteiger charge is 2.35. The lowest BCUT2D eigenvalue weighted by Gasteiger charge is -2.23. The summed E-state index contributed by atoms with van der Waals surface area (Å²) in [5.41, 5.74) is 0. The van der Waals surface area contributed by atoms with Gasteiger partial charge in [-0.05, 0) is 19.3 Å². The summed E-state index contributed by atoms with van der Waals surface area (Å²) in [6.07, 6.45) is 1.24. The first kappa shape index (κ1) is 15.6. The third kappa shape index (κ3) is 4.98. The number of hydrogen-bond acceptors (Lipinski definition) is 6. The number of hydrogen-bond donors (Lipinski definition) is 0. The van der Waals surface area contributed by atoms with E-state index in [-0.39, 0.29) is 19.0 Å². The van der Waals surface area contributed by atoms with E-state index in [9.17, 15) is 14.4 Å². The molecule has 108 valence electrons. The minimum Gasteiger partial charge on any atom is -0.463 e. The van der Waals surface area contributed by atoms with E-state index >= 15 is 0 Å². The maximum atomic E-state index is 12.1. The van der Waals surface area contributed by atoms with Crippen LogP contribution in [0.5, 0.6) is 0 Å². The number of carbonyl (C=O) groups excluding carboxylic acids is 3. The summed E-state index contributed by atoms with van der Waals surface area (Å²) < 4.78 is 14.7. The molecule has 1 atom stereocenters. The van der Waals surface area contributed by atoms with Gasteiger partial charge in [-0.3, -0.25) is 9.59 Å². The second-order valence-corrected chi connectivity index (χ2v) is 4.42. The molecule has 0 aromatic carbocycles. The van der Waals surface area contributed by atoms with Gasteiger partial charge in [-0.25, -0.2) is 4.79 Å². The molecule has 1 heterocycles. The summed E-state index contributed by atoms with van der Waals surface area (Å²) in [5, 5.41) is 0. The predicted octanol–water partition coefficient (Wildman–Crippen LogP) is 0.867. The lowest BCUT2D eigenvalue weighted by Crippen LogP contribution is -2.40. The molecular formula is C13H20O6. The van der Waals surface area contributed by atoms with Crippen molar-refractivity contribution in [3.05, 3.63) is 0 Å². The average Bonchev–Trinajstić information content (AvgIpc) is 2.45. The standard InChI is InChI=1S/C13H20O6/c1-2-3-6-18-13(16)12(19-9-14)11(15)10-4-7-17-8-5-10/h9-10,12H,2-8H2,1H3. The molecule has 0 N–H and O–H groups in total. The van der Waals surface area contributed by atoms with Crippen LogP contribution in [0.25, 0.3) is 0 Å². The third-order valence-electron chi connectivity index (χ3n) is 3.03. The van der Waals surface area contributed by atoms with Crippen LogP contribution in [0.2, 0.25) is 0 Å². The molecule has 1 saturated heterocycles. The summed E-state index contributed by atoms with van der Waals surface area (Å²) in [7, 11) is 0. The number of ketones is 1. The smallest absolute Gasteiger partial charge is 0.355 e. The Morgan fingerprint density at radius 2 is 2.05 bits per heavy atom. The Kier molecular flexibility index (Phi) is 7.10. The summed E-state index contributed by atoms with van der Waals surface area (Å²) in [6, 6.07) is 0. The van der Waals surface area contributed by atoms with Crippen LogP contribution >= 0.6 is 0 Å². The maximum absolute atomic E-state index is 12.1. The van der Waals surface area contributed by atoms with Crippen LogP contribution in [0.3, 0.4) is 0 Å². The first-order valence-corrected chi connectivity index (χ1v) is 6.58. The van der Waals surface area contributed by atoms with Gasteiger partial charge >= 0.3 is 5.97 Å². The molecule has 1 fully saturated rings. The largest absolute Gasteiger partial charge is 0.463 e. The van der Waals surface area contributed by atoms with E-state index in [0.29, 0.717) is 32.5 Å². The van der Waals surface area contributed by atoms with E-state index in [1.807, 2.05) is 6.92 Å². The SMILES string of the molecule is CCCCOC(=O)C(OC=O)C(=O)C1CCOCC1. The molecule has 0 aliphatic carbocycles. The molecule has 19 heavy (non-hydrogen) atoms. The minimum atomic E-state index is -1.43. The minimum absolute atomic E-state index is 0.114. The van der Waals surface area contributed by atoms with E-state index < -0.39 is 17.9 Å². The molecule has 0 radical (unpaired) electrons. The Bertz CT molecular complexity index is 308. The lowest BCUT2D eigenvalue weighted by molar-refractivity contribution is -0.167. The van der Waals surface area contributed by atoms with Crippen molar-refractivity contribution in [1.29, 1.82) is 0 Å². The monoisotopic (exact) mass is 272 g/mol. The van der Waals surface area contributed by atoms with Gasteiger partial charge in [0.2, 0.25) is 0 Å². The van der Waals surface area contributed by atoms with Crippen LogP contribution in [0.15, 0.2) is 0 Å². The summed E-state index contributed by atoms with van der Waals surface area (Å²) in [5.74, 6) is -1.48. The van der Waals surface area contributed by atoms with Gasteiger partial charge in [-0.15, -0.1) is 0 Å². The van der Waals surface area contributed by atoms with Gasteiger partial charge in [0.05, 0.1) is 6.61 Å². The average molecular weight is 272 g/mol. The van der Waals surface area contributed by atoms with Gasteiger partial charge in [0, 0.05) is 19.1 Å². The molecule has 1 aliphatic rings. The Labute approximate surface area is 112 Å². The second-order valence-electron chi connectivity index (χ2n) is 4.42. The van der Waals surface area contributed by atoms with Crippen molar-refractivity contribution in [3.8, 4) is 0 Å². The Morgan fingerprint density at radius 1 is 1.37 bits per heavy atom. The quantitative estimate of drug-likeness (QED) is 0.282. The van der Waals surface area contributed by atoms with Gasteiger partial charge in [0.1, 0.15) is 0 Å². The molecule has 0 saturated carbocycles. The van der Waals surface area contributed by atoms with Gasteiger partial charge in [-0.2, -0.15) is 0 Å². The zero-order valence-electron chi connectivity index (χ0n) is 11.1. The molecule has 0 aromatic rings. The summed E-state index contributed by atoms with van der Waals surface area (Å²) in [4.78, 5) is 34.3. The van der Waals surface area contributed by atoms with Gasteiger partial charge in [0.25, 0.3) is 12.6 Å². The highest BCUT2D eigenvalue weighted by Crippen LogP contribution is 2.19. The number of unbranched alkanes of at least 4 members (excludes halogenated alkanes) is 1. The Morgan fingerprint density at radius 3 is 2.63 bits per heavy atom. The molecule has 6 nitrogen and oxygen atoms in total. The van der Waals surface area contributed by atoms with E-state index in [2.05, 4.69) is 4.74 Å². The highest BCUT2D eigenvalue weighted by atomic mass is 16.6. The van der Waals surface area contributed by atoms with Crippen LogP contribution in [-0.4, -0.2) is 44.1 Å². The molecule has 1 unspecified atom stereocenters. The lowest BCUT2D eigenvalue weighted by atomic mass is 9.92. The normalized spacial score (nSPS) is 17.5. The molecule has 6 heteroatoms. The van der Waals surface area contributed by atoms with Crippen molar-refractivity contribution in [2.45, 2.75) is 38.7 Å². The molecule has 0 amide bonds. The molecule has 0 spiro atoms. The van der Waals surface area contributed by atoms with E-state index in [0.717, 1.165) is 6.42 Å². The fourth-order valence-electron chi connectivity index (χ4n) is 1.88. The first-order chi connectivity index (χ1) is 9.20. The first-order valence-electron chi connectivity index (χ1n) is 6.58. The van der Waals surface area contributed by atoms with Crippen LogP contribution in [-0.2, 0) is 28.6 Å². The van der Waals surface area contributed by atoms with Crippen molar-refractivity contribution in [3.63, 3.8) is 0 Å². The number of carbonyl (C=O) groups is 3. The zero-order chi connectivity index (χ0) is 14.1. The van der Waals surface area contributed by atoms with E-state index in [1.54, 1.807) is 0 Å². The molecule has 0 aromatic heterocycles. The van der Waals surface area contributed by atoms with Gasteiger partial charge in [-0.1, -0.05) is 13.3 Å². The number of Topliss-reactive ketones (excluding diaryl/α,β-unsaturated/α-hetero) is 1. The fourth-order valence-corrected chi connectivity index (χ4v) is 1.88. The third-order valence-corrected chi connectivity index (χ3v) is 3.03. The number of ether oxygens (including phenoxy) is 3. The maximum Gasteiger partial charge on any atom is 0.355 e. The van der Waals surface area contributed by atoms with Crippen LogP contribution in [0, 0.1) is 5.92 Å². The summed E-state index contributed by atoms with van der Waals surface area (Å²) in [6.45, 7) is 3.27. The second kappa shape index (κ2) is 8.63. The van der Waals surface area contributed by atoms with Crippen molar-refractivity contribution >= 4 is 18.2 Å². The summed E-state index contributed by atoms with van der Waals surface area (Å²) >= 11 is 0. The van der Waals surface area contributed by atoms with Crippen LogP contribution in [0.1, 0.15) is 32.6 Å². The molecule has 0 bridgehead atoms. The highest BCUT2D eigenvalue weighted by molar-refractivity contribution is 6.03. The van der Waals surface area contributed by atoms with Gasteiger partial charge in [0.15, 0.2) is 5.78 Å². The molecular weight excluding hydrogens is 252 g/mol. The predicted molar refractivity (Wildman–Crippen MR) is 65.4 cm³/mol. The van der Waals surface area contributed by atoms with Crippen molar-refractivity contribution in [2.75, 3.05) is 19.8 Å². The van der Waals surface area contributed by atoms with Crippen LogP contribution < -0.4 is 0 Å². The van der Waals surface area contributed by atoms with Crippen molar-refractivity contribution in [2.24, 2.45) is 5.92 Å². The van der Waals surface area contributed by atoms with E-state index in [4.69, 9.17) is 9.47 Å². The zero-order valence-corrected chi connectivity index (χ0v) is 11.1. The molecule has 1 aliphatic heterocycles. The van der Waals surface area contributed by atoms with Gasteiger partial charge < -0.3 is 14.2 Å². The Hall–Kier alpha value is -1.43. The van der Waals surface area contributed by atoms with Crippen molar-refractivity contribution < 1.29 is 28.6 Å². The Balaban J connectivity index is 2.56. The number of rotatable bonds is 8. The molecule has 1 rings (SSSR count). The van der Waals surface area contributed by atoms with Crippen molar-refractivity contribution in [1.82, 2.24) is 0 Å².